The summed E-state index contributed by atoms with van der Waals surface area (Å²) >= 11 is 3.64. The molecule has 2 saturated heterocycles. The Morgan fingerprint density at radius 1 is 0.708 bits per heavy atom. The van der Waals surface area contributed by atoms with Gasteiger partial charge in [-0.3, -0.25) is 0 Å². The number of thiazole rings is 2. The molecule has 72 heavy (non-hydrogen) atoms. The van der Waals surface area contributed by atoms with Crippen LogP contribution in [0, 0.1) is 0 Å². The van der Waals surface area contributed by atoms with Crippen LogP contribution in [0.5, 0.6) is 0 Å². The summed E-state index contributed by atoms with van der Waals surface area (Å²) in [5.41, 5.74) is 17.1. The quantitative estimate of drug-likeness (QED) is 0.156. The van der Waals surface area contributed by atoms with Crippen molar-refractivity contribution in [2.45, 2.75) is 187 Å². The molecule has 6 heterocycles. The van der Waals surface area contributed by atoms with Crippen molar-refractivity contribution in [3.63, 3.8) is 0 Å². The topological polar surface area (TPSA) is 121 Å². The summed E-state index contributed by atoms with van der Waals surface area (Å²) < 4.78 is 7.65. The Hall–Kier alpha value is -4.91. The minimum absolute atomic E-state index is 0. The fraction of sp³-hybridized carbons (Fsp3) is 0.550. The molecule has 6 aromatic rings. The van der Waals surface area contributed by atoms with Crippen molar-refractivity contribution in [2.24, 2.45) is 0 Å². The number of rotatable bonds is 7. The first-order chi connectivity index (χ1) is 33.3. The maximum absolute atomic E-state index is 12.4. The molecule has 2 aliphatic carbocycles. The van der Waals surface area contributed by atoms with E-state index >= 15 is 0 Å². The number of benzene rings is 2. The molecular formula is C60H81N7O3S2. The van der Waals surface area contributed by atoms with Gasteiger partial charge >= 0.3 is 6.09 Å². The fourth-order valence-electron chi connectivity index (χ4n) is 11.1. The zero-order chi connectivity index (χ0) is 50.8. The normalized spacial score (nSPS) is 18.1. The van der Waals surface area contributed by atoms with E-state index < -0.39 is 5.60 Å². The molecule has 2 fully saturated rings. The van der Waals surface area contributed by atoms with Crippen LogP contribution >= 0.6 is 22.7 Å². The highest BCUT2D eigenvalue weighted by Crippen LogP contribution is 2.48. The van der Waals surface area contributed by atoms with Gasteiger partial charge in [0.05, 0.1) is 34.3 Å². The number of ether oxygens (including phenoxy) is 1. The average molecular weight is 1010 g/mol. The highest BCUT2D eigenvalue weighted by molar-refractivity contribution is 7.10. The smallest absolute Gasteiger partial charge is 0.410 e. The van der Waals surface area contributed by atoms with Gasteiger partial charge in [-0.15, -0.1) is 22.7 Å². The first kappa shape index (κ1) is 53.4. The summed E-state index contributed by atoms with van der Waals surface area (Å²) in [6.45, 7) is 37.8. The van der Waals surface area contributed by atoms with Crippen molar-refractivity contribution >= 4 is 39.9 Å². The summed E-state index contributed by atoms with van der Waals surface area (Å²) in [7, 11) is 0. The van der Waals surface area contributed by atoms with E-state index in [0.717, 1.165) is 93.8 Å². The van der Waals surface area contributed by atoms with Crippen LogP contribution in [0.2, 0.25) is 0 Å². The monoisotopic (exact) mass is 1010 g/mol. The molecule has 2 aliphatic heterocycles. The molecule has 4 aromatic heterocycles. The van der Waals surface area contributed by atoms with Crippen LogP contribution in [0.25, 0.3) is 33.7 Å². The van der Waals surface area contributed by atoms with Gasteiger partial charge < -0.3 is 24.6 Å². The van der Waals surface area contributed by atoms with Crippen LogP contribution < -0.4 is 0 Å². The lowest BCUT2D eigenvalue weighted by Crippen LogP contribution is -2.41. The number of amides is 1. The molecule has 0 radical (unpaired) electrons. The number of pyridine rings is 1. The largest absolute Gasteiger partial charge is 0.444 e. The number of nitrogens with zero attached hydrogens (tertiary/aromatic N) is 7. The third-order valence-corrected chi connectivity index (χ3v) is 17.8. The van der Waals surface area contributed by atoms with E-state index in [4.69, 9.17) is 14.7 Å². The Kier molecular flexibility index (Phi) is 14.9. The lowest BCUT2D eigenvalue weighted by molar-refractivity contribution is 0.0204. The van der Waals surface area contributed by atoms with E-state index in [2.05, 4.69) is 130 Å². The number of carbonyl (C=O) groups is 1. The Morgan fingerprint density at radius 3 is 1.64 bits per heavy atom. The minimum atomic E-state index is -0.450. The SMILES string of the molecule is C=C(Cn1cnc2cccnc21)N1CCC(c2nc(-c3cc(C(C)(C)C)cc4c3CCC4(C)C)cs2)CC1.CC(C)(C)OC(=O)N1CCC(c2nc(-c3cc(C(C)(C)C)cc4c3CCC4(C)C)cs2)CC1.O. The van der Waals surface area contributed by atoms with Gasteiger partial charge in [0.2, 0.25) is 0 Å². The zero-order valence-electron chi connectivity index (χ0n) is 45.6. The number of fused-ring (bicyclic) bond motifs is 3. The highest BCUT2D eigenvalue weighted by Gasteiger charge is 2.37. The Morgan fingerprint density at radius 2 is 1.18 bits per heavy atom. The molecule has 0 saturated carbocycles. The van der Waals surface area contributed by atoms with E-state index in [9.17, 15) is 4.79 Å². The van der Waals surface area contributed by atoms with Gasteiger partial charge in [0.1, 0.15) is 11.1 Å². The lowest BCUT2D eigenvalue weighted by Gasteiger charge is -2.34. The molecule has 386 valence electrons. The van der Waals surface area contributed by atoms with E-state index in [-0.39, 0.29) is 33.2 Å². The summed E-state index contributed by atoms with van der Waals surface area (Å²) in [6, 6.07) is 13.7. The van der Waals surface area contributed by atoms with E-state index in [1.54, 1.807) is 11.3 Å². The predicted molar refractivity (Wildman–Crippen MR) is 299 cm³/mol. The third kappa shape index (κ3) is 11.3. The second kappa shape index (κ2) is 20.1. The second-order valence-electron chi connectivity index (χ2n) is 25.3. The molecule has 10 nitrogen and oxygen atoms in total. The molecular weight excluding hydrogens is 931 g/mol. The summed E-state index contributed by atoms with van der Waals surface area (Å²) in [5, 5.41) is 7.07. The number of carbonyl (C=O) groups excluding carboxylic acids is 1. The van der Waals surface area contributed by atoms with Crippen LogP contribution in [-0.2, 0) is 45.8 Å². The first-order valence-electron chi connectivity index (χ1n) is 26.3. The van der Waals surface area contributed by atoms with E-state index in [0.29, 0.717) is 11.8 Å². The van der Waals surface area contributed by atoms with Crippen molar-refractivity contribution in [1.82, 2.24) is 34.3 Å². The number of imidazole rings is 1. The molecule has 4 aliphatic rings. The molecule has 1 amide bonds. The van der Waals surface area contributed by atoms with Gasteiger partial charge in [-0.05, 0) is 151 Å². The maximum atomic E-state index is 12.4. The summed E-state index contributed by atoms with van der Waals surface area (Å²) in [5.74, 6) is 0.932. The second-order valence-corrected chi connectivity index (χ2v) is 27.1. The molecule has 10 rings (SSSR count). The van der Waals surface area contributed by atoms with Gasteiger partial charge in [-0.1, -0.05) is 87.9 Å². The number of hydrogen-bond donors (Lipinski definition) is 0. The summed E-state index contributed by atoms with van der Waals surface area (Å²) in [4.78, 5) is 36.1. The van der Waals surface area contributed by atoms with Crippen molar-refractivity contribution in [3.05, 3.63) is 115 Å². The van der Waals surface area contributed by atoms with Crippen molar-refractivity contribution in [2.75, 3.05) is 26.2 Å². The van der Waals surface area contributed by atoms with E-state index in [1.807, 2.05) is 61.7 Å². The number of allylic oxidation sites excluding steroid dienone is 1. The van der Waals surface area contributed by atoms with Gasteiger partial charge in [-0.2, -0.15) is 0 Å². The lowest BCUT2D eigenvalue weighted by atomic mass is 9.79. The molecule has 2 aromatic carbocycles. The van der Waals surface area contributed by atoms with Crippen molar-refractivity contribution in [3.8, 4) is 22.5 Å². The maximum Gasteiger partial charge on any atom is 0.410 e. The molecule has 12 heteroatoms. The molecule has 0 unspecified atom stereocenters. The van der Waals surface area contributed by atoms with Gasteiger partial charge in [0, 0.05) is 71.8 Å². The zero-order valence-corrected chi connectivity index (χ0v) is 47.2. The number of likely N-dealkylation sites (tertiary alicyclic amines) is 2. The Bertz CT molecular complexity index is 2920. The van der Waals surface area contributed by atoms with Crippen molar-refractivity contribution in [1.29, 1.82) is 0 Å². The van der Waals surface area contributed by atoms with E-state index in [1.165, 1.54) is 73.1 Å². The Labute approximate surface area is 438 Å². The predicted octanol–water partition coefficient (Wildman–Crippen LogP) is 14.1. The number of piperidine rings is 2. The standard InChI is InChI=1S/C32H39N5S.C28H40N2O2S.H2O/c1-21(18-37-20-34-27-8-7-13-33-29(27)37)36-14-10-22(11-15-36)30-35-28(19-38-30)25-16-23(31(2,3)4)17-26-24(25)9-12-32(26,5)6;1-26(2,3)19-15-21(20-9-12-28(7,8)22(20)16-19)23-17-33-24(29-23)18-10-13-30(14-11-18)25(31)32-27(4,5)6;/h7-8,13,16-17,19-20,22H,1,9-12,14-15,18H2,2-6H3;15-18H,9-14H2,1-8H3;1H2. The average Bonchev–Trinajstić information content (AvgIpc) is 4.17. The first-order valence-corrected chi connectivity index (χ1v) is 28.0. The minimum Gasteiger partial charge on any atom is -0.444 e. The highest BCUT2D eigenvalue weighted by atomic mass is 32.1. The number of aromatic nitrogens is 5. The van der Waals surface area contributed by atoms with Crippen molar-refractivity contribution < 1.29 is 15.0 Å². The van der Waals surface area contributed by atoms with Crippen LogP contribution in [-0.4, -0.2) is 77.7 Å². The molecule has 0 atom stereocenters. The van der Waals surface area contributed by atoms with Crippen LogP contribution in [0.3, 0.4) is 0 Å². The van der Waals surface area contributed by atoms with Crippen LogP contribution in [0.1, 0.15) is 184 Å². The molecule has 2 N–H and O–H groups in total. The fourth-order valence-corrected chi connectivity index (χ4v) is 13.1. The summed E-state index contributed by atoms with van der Waals surface area (Å²) in [6.07, 6.45) is 12.3. The molecule has 0 bridgehead atoms. The molecule has 0 spiro atoms. The Balaban J connectivity index is 0.000000192. The van der Waals surface area contributed by atoms with Gasteiger partial charge in [-0.25, -0.2) is 24.7 Å². The van der Waals surface area contributed by atoms with Crippen LogP contribution in [0.4, 0.5) is 4.79 Å². The third-order valence-electron chi connectivity index (χ3n) is 15.8. The van der Waals surface area contributed by atoms with Gasteiger partial charge in [0.15, 0.2) is 5.65 Å². The van der Waals surface area contributed by atoms with Gasteiger partial charge in [0.25, 0.3) is 0 Å². The van der Waals surface area contributed by atoms with Crippen LogP contribution in [0.15, 0.2) is 72.0 Å². The number of hydrogen-bond acceptors (Lipinski definition) is 9.